The summed E-state index contributed by atoms with van der Waals surface area (Å²) in [7, 11) is 1.98. The zero-order valence-corrected chi connectivity index (χ0v) is 28.5. The molecule has 0 radical (unpaired) electrons. The van der Waals surface area contributed by atoms with Crippen LogP contribution in [0.3, 0.4) is 0 Å². The molecule has 5 amide bonds. The Bertz CT molecular complexity index is 1290. The van der Waals surface area contributed by atoms with Gasteiger partial charge in [0.25, 0.3) is 0 Å². The fourth-order valence-electron chi connectivity index (χ4n) is 5.76. The van der Waals surface area contributed by atoms with Crippen molar-refractivity contribution in [2.24, 2.45) is 5.92 Å². The molecule has 3 rings (SSSR count). The van der Waals surface area contributed by atoms with Crippen molar-refractivity contribution in [1.29, 1.82) is 0 Å². The molecular weight excluding hydrogens is 614 g/mol. The predicted octanol–water partition coefficient (Wildman–Crippen LogP) is 4.59. The van der Waals surface area contributed by atoms with Gasteiger partial charge in [0, 0.05) is 31.6 Å². The lowest BCUT2D eigenvalue weighted by atomic mass is 9.81. The highest BCUT2D eigenvalue weighted by molar-refractivity contribution is 5.97. The predicted molar refractivity (Wildman–Crippen MR) is 174 cm³/mol. The van der Waals surface area contributed by atoms with Crippen LogP contribution in [-0.4, -0.2) is 90.8 Å². The summed E-state index contributed by atoms with van der Waals surface area (Å²) in [5.41, 5.74) is 2.37. The lowest BCUT2D eigenvalue weighted by molar-refractivity contribution is -0.136. The lowest BCUT2D eigenvalue weighted by Gasteiger charge is -2.40. The number of halogens is 2. The van der Waals surface area contributed by atoms with Gasteiger partial charge >= 0.3 is 12.1 Å². The van der Waals surface area contributed by atoms with Gasteiger partial charge in [0.05, 0.1) is 18.6 Å². The number of hydrogen-bond acceptors (Lipinski definition) is 7. The molecule has 1 saturated heterocycles. The quantitative estimate of drug-likeness (QED) is 0.268. The highest BCUT2D eigenvalue weighted by Crippen LogP contribution is 2.32. The number of allylic oxidation sites excluding steroid dienone is 1. The van der Waals surface area contributed by atoms with Crippen LogP contribution in [0.15, 0.2) is 30.1 Å². The van der Waals surface area contributed by atoms with E-state index in [1.165, 1.54) is 12.1 Å². The van der Waals surface area contributed by atoms with E-state index in [0.717, 1.165) is 0 Å². The van der Waals surface area contributed by atoms with Gasteiger partial charge in [-0.1, -0.05) is 13.0 Å². The minimum atomic E-state index is -1.05. The number of carbonyl (C=O) groups excluding carboxylic acids is 4. The number of ether oxygens (including phenoxy) is 1. The van der Waals surface area contributed by atoms with Crippen LogP contribution in [-0.2, 0) is 19.2 Å². The molecule has 1 aromatic carbocycles. The Morgan fingerprint density at radius 1 is 1.11 bits per heavy atom. The molecule has 262 valence electrons. The zero-order valence-electron chi connectivity index (χ0n) is 28.5. The van der Waals surface area contributed by atoms with E-state index < -0.39 is 47.5 Å². The van der Waals surface area contributed by atoms with E-state index in [1.807, 2.05) is 14.0 Å². The second kappa shape index (κ2) is 16.9. The summed E-state index contributed by atoms with van der Waals surface area (Å²) in [6, 6.07) is 1.49. The Morgan fingerprint density at radius 2 is 1.79 bits per heavy atom. The lowest BCUT2D eigenvalue weighted by Crippen LogP contribution is -2.59. The Kier molecular flexibility index (Phi) is 13.5. The monoisotopic (exact) mass is 664 g/mol. The molecule has 1 saturated carbocycles. The molecule has 0 bridgehead atoms. The molecule has 4 N–H and O–H groups in total. The third-order valence-electron chi connectivity index (χ3n) is 8.66. The van der Waals surface area contributed by atoms with Gasteiger partial charge in [0.2, 0.25) is 11.8 Å². The molecule has 1 aliphatic heterocycles. The van der Waals surface area contributed by atoms with Gasteiger partial charge in [-0.2, -0.15) is 0 Å². The smallest absolute Gasteiger partial charge is 0.408 e. The summed E-state index contributed by atoms with van der Waals surface area (Å²) in [5.74, 6) is -2.70. The third kappa shape index (κ3) is 10.9. The number of piperazine rings is 1. The second-order valence-corrected chi connectivity index (χ2v) is 13.3. The van der Waals surface area contributed by atoms with Gasteiger partial charge < -0.3 is 30.5 Å². The van der Waals surface area contributed by atoms with Gasteiger partial charge in [0.15, 0.2) is 0 Å². The van der Waals surface area contributed by atoms with Crippen LogP contribution in [0.4, 0.5) is 24.1 Å². The van der Waals surface area contributed by atoms with E-state index in [0.29, 0.717) is 62.8 Å². The first kappa shape index (κ1) is 37.7. The van der Waals surface area contributed by atoms with Crippen molar-refractivity contribution in [3.05, 3.63) is 41.5 Å². The van der Waals surface area contributed by atoms with Crippen LogP contribution in [0, 0.1) is 11.7 Å². The summed E-state index contributed by atoms with van der Waals surface area (Å²) in [5, 5.41) is 7.90. The molecule has 0 aromatic heterocycles. The number of nitrogens with one attached hydrogen (secondary N) is 4. The van der Waals surface area contributed by atoms with Gasteiger partial charge in [-0.05, 0) is 96.5 Å². The number of rotatable bonds is 10. The number of hydrogen-bond donors (Lipinski definition) is 4. The Hall–Kier alpha value is -3.78. The molecule has 2 fully saturated rings. The fraction of sp³-hybridized carbons (Fsp3) is 0.636. The van der Waals surface area contributed by atoms with E-state index >= 15 is 4.39 Å². The van der Waals surface area contributed by atoms with Crippen LogP contribution in [0.1, 0.15) is 78.7 Å². The number of likely N-dealkylation sites (N-methyl/N-ethyl adjacent to an activating group) is 1. The topological polar surface area (TPSA) is 141 Å². The summed E-state index contributed by atoms with van der Waals surface area (Å²) in [6.45, 7) is 12.3. The molecule has 4 atom stereocenters. The summed E-state index contributed by atoms with van der Waals surface area (Å²) in [4.78, 5) is 61.2. The number of amides is 5. The first-order chi connectivity index (χ1) is 22.1. The largest absolute Gasteiger partial charge is 0.444 e. The van der Waals surface area contributed by atoms with E-state index in [-0.39, 0.29) is 30.2 Å². The van der Waals surface area contributed by atoms with Crippen molar-refractivity contribution in [3.8, 4) is 0 Å². The van der Waals surface area contributed by atoms with E-state index in [4.69, 9.17) is 9.57 Å². The minimum Gasteiger partial charge on any atom is -0.444 e. The molecule has 1 heterocycles. The van der Waals surface area contributed by atoms with Crippen LogP contribution >= 0.6 is 0 Å². The van der Waals surface area contributed by atoms with Gasteiger partial charge in [-0.25, -0.2) is 23.9 Å². The summed E-state index contributed by atoms with van der Waals surface area (Å²) < 4.78 is 34.1. The molecule has 12 nitrogen and oxygen atoms in total. The Morgan fingerprint density at radius 3 is 2.36 bits per heavy atom. The van der Waals surface area contributed by atoms with Gasteiger partial charge in [0.1, 0.15) is 23.5 Å². The number of anilines is 1. The average Bonchev–Trinajstić information content (AvgIpc) is 3.02. The fourth-order valence-corrected chi connectivity index (χ4v) is 5.76. The van der Waals surface area contributed by atoms with Gasteiger partial charge in [-0.15, -0.1) is 0 Å². The number of alkyl carbamates (subject to hydrolysis) is 1. The molecule has 14 heteroatoms. The highest BCUT2D eigenvalue weighted by atomic mass is 19.1. The first-order valence-corrected chi connectivity index (χ1v) is 16.2. The normalized spacial score (nSPS) is 20.8. The molecule has 47 heavy (non-hydrogen) atoms. The standard InChI is InChI=1S/C33H50F2N6O6/c1-8-46-39-31(44)37-27(30(43)41-16-15-40(7)20(2)19-41)21(3)24-13-14-26(25(35)17-24)36-29(42)28(38-32(45)47-33(4,5)6)23-11-9-22(18-34)10-12-23/h13-14,17-18,20-21,23,27-28H,8-12,15-16,19H2,1-7H3,(H,36,42)(H,38,45)(H2,37,39,44)/t20-,21+,23?,27-,28+/m1/s1. The summed E-state index contributed by atoms with van der Waals surface area (Å²) >= 11 is 0. The Balaban J connectivity index is 1.81. The molecule has 0 unspecified atom stereocenters. The van der Waals surface area contributed by atoms with Crippen molar-refractivity contribution in [3.63, 3.8) is 0 Å². The molecular formula is C33H50F2N6O6. The van der Waals surface area contributed by atoms with E-state index in [9.17, 15) is 23.6 Å². The minimum absolute atomic E-state index is 0.116. The van der Waals surface area contributed by atoms with Gasteiger partial charge in [-0.3, -0.25) is 14.4 Å². The number of carbonyl (C=O) groups is 4. The molecule has 1 aromatic rings. The maximum absolute atomic E-state index is 15.6. The van der Waals surface area contributed by atoms with E-state index in [1.54, 1.807) is 45.6 Å². The second-order valence-electron chi connectivity index (χ2n) is 13.3. The van der Waals surface area contributed by atoms with Crippen molar-refractivity contribution < 1.29 is 37.5 Å². The van der Waals surface area contributed by atoms with Crippen LogP contribution in [0.25, 0.3) is 0 Å². The molecule has 2 aliphatic rings. The number of benzene rings is 1. The van der Waals surface area contributed by atoms with Crippen molar-refractivity contribution >= 4 is 29.6 Å². The summed E-state index contributed by atoms with van der Waals surface area (Å²) in [6.07, 6.45) is 1.56. The maximum atomic E-state index is 15.6. The Labute approximate surface area is 275 Å². The number of hydroxylamine groups is 1. The van der Waals surface area contributed by atoms with Crippen LogP contribution in [0.5, 0.6) is 0 Å². The van der Waals surface area contributed by atoms with E-state index in [2.05, 4.69) is 26.3 Å². The van der Waals surface area contributed by atoms with Crippen LogP contribution < -0.4 is 21.4 Å². The van der Waals surface area contributed by atoms with Crippen molar-refractivity contribution in [2.75, 3.05) is 38.6 Å². The first-order valence-electron chi connectivity index (χ1n) is 16.2. The molecule has 1 aliphatic carbocycles. The highest BCUT2D eigenvalue weighted by Gasteiger charge is 2.36. The number of nitrogens with zero attached hydrogens (tertiary/aromatic N) is 2. The third-order valence-corrected chi connectivity index (χ3v) is 8.66. The maximum Gasteiger partial charge on any atom is 0.408 e. The van der Waals surface area contributed by atoms with Crippen molar-refractivity contribution in [2.45, 2.75) is 96.9 Å². The zero-order chi connectivity index (χ0) is 34.9. The van der Waals surface area contributed by atoms with Crippen LogP contribution in [0.2, 0.25) is 0 Å². The average molecular weight is 665 g/mol. The molecule has 0 spiro atoms. The number of urea groups is 1. The van der Waals surface area contributed by atoms with Crippen molar-refractivity contribution in [1.82, 2.24) is 25.9 Å². The SMILES string of the molecule is CCONC(=O)N[C@@H](C(=O)N1CCN(C)[C@H](C)C1)[C@@H](C)c1ccc(NC(=O)[C@@H](NC(=O)OC(C)(C)C)C2CCC(=CF)CC2)c(F)c1.